The maximum absolute atomic E-state index is 11.2. The van der Waals surface area contributed by atoms with Gasteiger partial charge in [0.05, 0.1) is 38.6 Å². The van der Waals surface area contributed by atoms with Crippen LogP contribution in [-0.4, -0.2) is 232 Å². The fourth-order valence-corrected chi connectivity index (χ4v) is 6.24. The Kier molecular flexibility index (Phi) is 17.2. The third kappa shape index (κ3) is 10.4. The average Bonchev–Trinajstić information content (AvgIpc) is 3.10. The summed E-state index contributed by atoms with van der Waals surface area (Å²) < 4.78 is 32.0. The Hall–Kier alpha value is -1.46. The summed E-state index contributed by atoms with van der Waals surface area (Å²) in [6, 6.07) is 0. The van der Waals surface area contributed by atoms with E-state index in [2.05, 4.69) is 0 Å². The highest BCUT2D eigenvalue weighted by Gasteiger charge is 2.52. The Bertz CT molecular complexity index is 1030. The largest absolute Gasteiger partial charge is 0.394 e. The lowest BCUT2D eigenvalue weighted by Gasteiger charge is -2.46. The van der Waals surface area contributed by atoms with Crippen LogP contribution in [0.25, 0.3) is 0 Å². The van der Waals surface area contributed by atoms with Crippen molar-refractivity contribution in [2.45, 2.75) is 149 Å². The van der Waals surface area contributed by atoms with E-state index >= 15 is 0 Å². The number of ether oxygens (including phenoxy) is 6. The number of carbonyl (C=O) groups is 2. The van der Waals surface area contributed by atoms with Gasteiger partial charge in [0.25, 0.3) is 0 Å². The average molecular weight is 765 g/mol. The van der Waals surface area contributed by atoms with Gasteiger partial charge >= 0.3 is 0 Å². The van der Waals surface area contributed by atoms with E-state index < -0.39 is 149 Å². The minimum Gasteiger partial charge on any atom is -0.394 e. The molecule has 4 aliphatic rings. The first-order valence-corrected chi connectivity index (χ1v) is 16.6. The van der Waals surface area contributed by atoms with E-state index in [1.165, 1.54) is 13.8 Å². The van der Waals surface area contributed by atoms with E-state index in [1.54, 1.807) is 0 Å². The molecule has 4 fully saturated rings. The maximum atomic E-state index is 11.2. The van der Waals surface area contributed by atoms with Crippen LogP contribution >= 0.6 is 0 Å². The van der Waals surface area contributed by atoms with Crippen molar-refractivity contribution < 1.29 is 110 Å². The van der Waals surface area contributed by atoms with E-state index in [1.807, 2.05) is 0 Å². The number of Topliss-reactive ketones (excluding diaryl/α,β-unsaturated/α-hetero) is 2. The van der Waals surface area contributed by atoms with Crippen molar-refractivity contribution in [3.8, 4) is 0 Å². The number of aliphatic hydroxyl groups excluding tert-OH is 14. The lowest BCUT2D eigenvalue weighted by molar-refractivity contribution is -0.341. The quantitative estimate of drug-likeness (QED) is 0.0877. The zero-order chi connectivity index (χ0) is 39.2. The first-order valence-electron chi connectivity index (χ1n) is 16.6. The topological polar surface area (TPSA) is 373 Å². The molecule has 0 bridgehead atoms. The predicted molar refractivity (Wildman–Crippen MR) is 163 cm³/mol. The summed E-state index contributed by atoms with van der Waals surface area (Å²) in [5.41, 5.74) is 0. The second-order valence-electron chi connectivity index (χ2n) is 13.2. The van der Waals surface area contributed by atoms with Gasteiger partial charge in [-0.1, -0.05) is 0 Å². The van der Waals surface area contributed by atoms with Gasteiger partial charge in [0.1, 0.15) is 109 Å². The molecule has 4 saturated heterocycles. The summed E-state index contributed by atoms with van der Waals surface area (Å²) in [6.07, 6.45) is -29.2. The van der Waals surface area contributed by atoms with Gasteiger partial charge in [-0.2, -0.15) is 0 Å². The summed E-state index contributed by atoms with van der Waals surface area (Å²) in [6.45, 7) is -0.0109. The van der Waals surface area contributed by atoms with E-state index in [9.17, 15) is 81.1 Å². The Morgan fingerprint density at radius 3 is 0.962 bits per heavy atom. The molecule has 0 unspecified atom stereocenters. The molecule has 304 valence electrons. The first-order chi connectivity index (χ1) is 24.4. The predicted octanol–water partition coefficient (Wildman–Crippen LogP) is -8.74. The van der Waals surface area contributed by atoms with Gasteiger partial charge in [-0.15, -0.1) is 0 Å². The number of carbonyl (C=O) groups excluding carboxylic acids is 2. The van der Waals surface area contributed by atoms with Crippen molar-refractivity contribution in [3.63, 3.8) is 0 Å². The molecule has 4 heterocycles. The standard InChI is InChI=1S/2C15H26O11/c2*1-5(18)2-6-9(19)12(22)14(8(4-17)24-6)26-15-13(23)11(21)10(20)7(3-16)25-15/h2*6-17,19-23H,2-4H2,1H3/t6-,7+,8+,9-,10+,11-,12+,13+,14+,15+;6-,7+,8+,9-,10+,11-,12+,13+,14+,15-/m00/s1. The minimum absolute atomic E-state index is 0.179. The monoisotopic (exact) mass is 764 g/mol. The molecule has 0 spiro atoms. The molecule has 52 heavy (non-hydrogen) atoms. The minimum atomic E-state index is -1.72. The zero-order valence-electron chi connectivity index (χ0n) is 28.3. The molecule has 14 N–H and O–H groups in total. The second kappa shape index (κ2) is 19.9. The van der Waals surface area contributed by atoms with Crippen molar-refractivity contribution in [1.29, 1.82) is 0 Å². The van der Waals surface area contributed by atoms with Gasteiger partial charge in [-0.3, -0.25) is 9.59 Å². The van der Waals surface area contributed by atoms with Crippen molar-refractivity contribution in [1.82, 2.24) is 0 Å². The molecular formula is C30H52O22. The zero-order valence-corrected chi connectivity index (χ0v) is 28.3. The van der Waals surface area contributed by atoms with Crippen molar-refractivity contribution in [3.05, 3.63) is 0 Å². The molecule has 0 aromatic rings. The van der Waals surface area contributed by atoms with Gasteiger partial charge in [0.15, 0.2) is 12.6 Å². The normalized spacial score (nSPS) is 46.9. The van der Waals surface area contributed by atoms with Gasteiger partial charge in [-0.25, -0.2) is 0 Å². The molecule has 20 atom stereocenters. The number of hydrogen-bond acceptors (Lipinski definition) is 22. The van der Waals surface area contributed by atoms with E-state index in [0.29, 0.717) is 0 Å². The van der Waals surface area contributed by atoms with Crippen LogP contribution in [-0.2, 0) is 38.0 Å². The van der Waals surface area contributed by atoms with Gasteiger partial charge < -0.3 is 99.9 Å². The van der Waals surface area contributed by atoms with Crippen LogP contribution in [0.3, 0.4) is 0 Å². The molecule has 4 rings (SSSR count). The molecule has 22 nitrogen and oxygen atoms in total. The fraction of sp³-hybridized carbons (Fsp3) is 0.933. The van der Waals surface area contributed by atoms with Crippen LogP contribution in [0.5, 0.6) is 0 Å². The number of aliphatic hydroxyl groups is 14. The number of rotatable bonds is 12. The Balaban J connectivity index is 0.000000280. The third-order valence-corrected chi connectivity index (χ3v) is 9.18. The number of hydrogen-bond donors (Lipinski definition) is 14. The fourth-order valence-electron chi connectivity index (χ4n) is 6.24. The molecule has 0 aliphatic carbocycles. The maximum Gasteiger partial charge on any atom is 0.187 e. The molecule has 0 aromatic heterocycles. The van der Waals surface area contributed by atoms with Crippen molar-refractivity contribution in [2.75, 3.05) is 26.4 Å². The molecule has 0 saturated carbocycles. The van der Waals surface area contributed by atoms with Crippen LogP contribution < -0.4 is 0 Å². The van der Waals surface area contributed by atoms with E-state index in [0.717, 1.165) is 0 Å². The third-order valence-electron chi connectivity index (χ3n) is 9.18. The SMILES string of the molecule is CC(=O)C[C@@H]1O[C@H](CO)[C@@H](O[C@@H]2O[C@H](CO)[C@@H](O)[C@H](O)[C@H]2O)[C@H](O)[C@H]1O.CC(=O)C[C@@H]1O[C@H](CO)[C@@H](O[C@H]2O[C@H](CO)[C@@H](O)[C@H](O)[C@H]2O)[C@H](O)[C@H]1O. The molecular weight excluding hydrogens is 712 g/mol. The van der Waals surface area contributed by atoms with Crippen molar-refractivity contribution in [2.24, 2.45) is 0 Å². The van der Waals surface area contributed by atoms with E-state index in [-0.39, 0.29) is 24.4 Å². The van der Waals surface area contributed by atoms with Gasteiger partial charge in [0, 0.05) is 12.8 Å². The summed E-state index contributed by atoms with van der Waals surface area (Å²) in [4.78, 5) is 22.5. The van der Waals surface area contributed by atoms with Crippen LogP contribution in [0, 0.1) is 0 Å². The summed E-state index contributed by atoms with van der Waals surface area (Å²) >= 11 is 0. The smallest absolute Gasteiger partial charge is 0.187 e. The van der Waals surface area contributed by atoms with Gasteiger partial charge in [0.2, 0.25) is 0 Å². The molecule has 0 radical (unpaired) electrons. The van der Waals surface area contributed by atoms with E-state index in [4.69, 9.17) is 28.4 Å². The van der Waals surface area contributed by atoms with Crippen LogP contribution in [0.15, 0.2) is 0 Å². The highest BCUT2D eigenvalue weighted by Crippen LogP contribution is 2.32. The first kappa shape index (κ1) is 44.9. The Morgan fingerprint density at radius 1 is 0.404 bits per heavy atom. The van der Waals surface area contributed by atoms with Crippen LogP contribution in [0.2, 0.25) is 0 Å². The summed E-state index contributed by atoms with van der Waals surface area (Å²) in [7, 11) is 0. The van der Waals surface area contributed by atoms with Crippen LogP contribution in [0.1, 0.15) is 26.7 Å². The summed E-state index contributed by atoms with van der Waals surface area (Å²) in [5, 5.41) is 137. The molecule has 22 heteroatoms. The molecule has 4 aliphatic heterocycles. The van der Waals surface area contributed by atoms with Crippen LogP contribution in [0.4, 0.5) is 0 Å². The summed E-state index contributed by atoms with van der Waals surface area (Å²) in [5.74, 6) is -0.572. The molecule has 0 aromatic carbocycles. The Labute approximate surface area is 296 Å². The second-order valence-corrected chi connectivity index (χ2v) is 13.2. The van der Waals surface area contributed by atoms with Gasteiger partial charge in [-0.05, 0) is 13.8 Å². The number of ketones is 2. The highest BCUT2D eigenvalue weighted by molar-refractivity contribution is 5.76. The molecule has 0 amide bonds. The Morgan fingerprint density at radius 2 is 0.692 bits per heavy atom. The lowest BCUT2D eigenvalue weighted by Crippen LogP contribution is -2.64. The van der Waals surface area contributed by atoms with Crippen molar-refractivity contribution >= 4 is 11.6 Å². The highest BCUT2D eigenvalue weighted by atomic mass is 16.7. The lowest BCUT2D eigenvalue weighted by atomic mass is 9.92.